The summed E-state index contributed by atoms with van der Waals surface area (Å²) in [6.45, 7) is 0.869. The molecule has 7 nitrogen and oxygen atoms in total. The van der Waals surface area contributed by atoms with Gasteiger partial charge in [0, 0.05) is 25.4 Å². The van der Waals surface area contributed by atoms with E-state index in [1.54, 1.807) is 23.4 Å². The molecule has 0 radical (unpaired) electrons. The molecule has 1 N–H and O–H groups in total. The van der Waals surface area contributed by atoms with E-state index in [1.165, 1.54) is 6.07 Å². The van der Waals surface area contributed by atoms with Crippen LogP contribution in [0.5, 0.6) is 0 Å². The van der Waals surface area contributed by atoms with Crippen molar-refractivity contribution >= 4 is 22.9 Å². The van der Waals surface area contributed by atoms with Crippen LogP contribution in [0, 0.1) is 11.6 Å². The molecule has 1 saturated heterocycles. The summed E-state index contributed by atoms with van der Waals surface area (Å²) in [5.41, 5.74) is 1.39. The summed E-state index contributed by atoms with van der Waals surface area (Å²) in [6, 6.07) is 9.84. The van der Waals surface area contributed by atoms with Crippen LogP contribution in [0.4, 0.5) is 19.3 Å². The highest BCUT2D eigenvalue weighted by molar-refractivity contribution is 5.89. The second-order valence-electron chi connectivity index (χ2n) is 7.07. The highest BCUT2D eigenvalue weighted by Gasteiger charge is 2.31. The molecule has 4 aromatic rings. The van der Waals surface area contributed by atoms with Gasteiger partial charge in [-0.3, -0.25) is 0 Å². The lowest BCUT2D eigenvalue weighted by Gasteiger charge is -2.19. The van der Waals surface area contributed by atoms with Crippen molar-refractivity contribution in [3.63, 3.8) is 0 Å². The molecule has 0 unspecified atom stereocenters. The topological polar surface area (TPSA) is 76.2 Å². The number of carbonyl (C=O) groups is 1. The molecule has 30 heavy (non-hydrogen) atoms. The van der Waals surface area contributed by atoms with Crippen LogP contribution in [0.25, 0.3) is 22.7 Å². The molecule has 1 aliphatic rings. The molecule has 0 aliphatic carbocycles. The number of fused-ring (bicyclic) bond motifs is 1. The van der Waals surface area contributed by atoms with Crippen LogP contribution in [0.1, 0.15) is 12.5 Å². The fourth-order valence-electron chi connectivity index (χ4n) is 3.78. The van der Waals surface area contributed by atoms with Crippen molar-refractivity contribution in [2.24, 2.45) is 0 Å². The van der Waals surface area contributed by atoms with Gasteiger partial charge < -0.3 is 19.2 Å². The number of furan rings is 1. The summed E-state index contributed by atoms with van der Waals surface area (Å²) in [6.07, 6.45) is 3.95. The highest BCUT2D eigenvalue weighted by atomic mass is 19.1. The SMILES string of the molecule is O=C(Nc1ccc(F)cc1F)N1CC[C@H](n2c(-c3ccco3)nc3cccnc32)C1. The van der Waals surface area contributed by atoms with Crippen LogP contribution in [0.15, 0.2) is 59.3 Å². The first kappa shape index (κ1) is 18.3. The first-order valence-corrected chi connectivity index (χ1v) is 9.48. The van der Waals surface area contributed by atoms with E-state index in [-0.39, 0.29) is 11.7 Å². The molecule has 9 heteroatoms. The van der Waals surface area contributed by atoms with Crippen molar-refractivity contribution < 1.29 is 18.0 Å². The van der Waals surface area contributed by atoms with Gasteiger partial charge in [0.15, 0.2) is 17.2 Å². The fraction of sp³-hybridized carbons (Fsp3) is 0.190. The quantitative estimate of drug-likeness (QED) is 0.543. The lowest BCUT2D eigenvalue weighted by Crippen LogP contribution is -2.33. The number of aromatic nitrogens is 3. The summed E-state index contributed by atoms with van der Waals surface area (Å²) >= 11 is 0. The van der Waals surface area contributed by atoms with E-state index in [1.807, 2.05) is 22.8 Å². The Kier molecular flexibility index (Phi) is 4.42. The summed E-state index contributed by atoms with van der Waals surface area (Å²) in [5.74, 6) is -0.254. The number of anilines is 1. The van der Waals surface area contributed by atoms with Crippen molar-refractivity contribution in [2.75, 3.05) is 18.4 Å². The Morgan fingerprint density at radius 1 is 1.20 bits per heavy atom. The Morgan fingerprint density at radius 2 is 2.10 bits per heavy atom. The van der Waals surface area contributed by atoms with Gasteiger partial charge >= 0.3 is 6.03 Å². The van der Waals surface area contributed by atoms with Gasteiger partial charge in [-0.05, 0) is 42.8 Å². The van der Waals surface area contributed by atoms with Gasteiger partial charge in [0.1, 0.15) is 17.2 Å². The zero-order chi connectivity index (χ0) is 20.7. The van der Waals surface area contributed by atoms with Crippen LogP contribution in [-0.2, 0) is 0 Å². The molecule has 1 fully saturated rings. The summed E-state index contributed by atoms with van der Waals surface area (Å²) in [7, 11) is 0. The maximum atomic E-state index is 13.9. The lowest BCUT2D eigenvalue weighted by atomic mass is 10.2. The first-order valence-electron chi connectivity index (χ1n) is 9.48. The van der Waals surface area contributed by atoms with E-state index in [0.717, 1.165) is 17.6 Å². The third-order valence-electron chi connectivity index (χ3n) is 5.18. The molecular weight excluding hydrogens is 392 g/mol. The van der Waals surface area contributed by atoms with Crippen LogP contribution >= 0.6 is 0 Å². The van der Waals surface area contributed by atoms with Crippen LogP contribution < -0.4 is 5.32 Å². The van der Waals surface area contributed by atoms with Crippen molar-refractivity contribution in [3.8, 4) is 11.6 Å². The molecule has 3 aromatic heterocycles. The molecular formula is C21H17F2N5O2. The second-order valence-corrected chi connectivity index (χ2v) is 7.07. The minimum atomic E-state index is -0.816. The average molecular weight is 409 g/mol. The molecule has 4 heterocycles. The van der Waals surface area contributed by atoms with Crippen molar-refractivity contribution in [1.29, 1.82) is 0 Å². The Balaban J connectivity index is 1.41. The van der Waals surface area contributed by atoms with Crippen molar-refractivity contribution in [1.82, 2.24) is 19.4 Å². The number of hydrogen-bond donors (Lipinski definition) is 1. The number of likely N-dealkylation sites (tertiary alicyclic amines) is 1. The predicted molar refractivity (Wildman–Crippen MR) is 106 cm³/mol. The normalized spacial score (nSPS) is 16.3. The molecule has 0 spiro atoms. The second kappa shape index (κ2) is 7.25. The van der Waals surface area contributed by atoms with Gasteiger partial charge in [0.05, 0.1) is 18.0 Å². The lowest BCUT2D eigenvalue weighted by molar-refractivity contribution is 0.221. The number of carbonyl (C=O) groups excluding carboxylic acids is 1. The molecule has 5 rings (SSSR count). The van der Waals surface area contributed by atoms with Crippen LogP contribution in [0.2, 0.25) is 0 Å². The van der Waals surface area contributed by atoms with Crippen molar-refractivity contribution in [3.05, 3.63) is 66.6 Å². The maximum Gasteiger partial charge on any atom is 0.321 e. The number of imidazole rings is 1. The third-order valence-corrected chi connectivity index (χ3v) is 5.18. The maximum absolute atomic E-state index is 13.9. The Hall–Kier alpha value is -3.75. The van der Waals surface area contributed by atoms with Gasteiger partial charge in [0.25, 0.3) is 0 Å². The van der Waals surface area contributed by atoms with E-state index < -0.39 is 17.7 Å². The van der Waals surface area contributed by atoms with Gasteiger partial charge in [0.2, 0.25) is 0 Å². The monoisotopic (exact) mass is 409 g/mol. The van der Waals surface area contributed by atoms with E-state index in [2.05, 4.69) is 15.3 Å². The summed E-state index contributed by atoms with van der Waals surface area (Å²) in [4.78, 5) is 23.4. The number of pyridine rings is 1. The van der Waals surface area contributed by atoms with Gasteiger partial charge in [-0.2, -0.15) is 0 Å². The average Bonchev–Trinajstić information content (AvgIpc) is 3.48. The summed E-state index contributed by atoms with van der Waals surface area (Å²) < 4.78 is 34.5. The molecule has 1 atom stereocenters. The van der Waals surface area contributed by atoms with E-state index in [9.17, 15) is 13.6 Å². The largest absolute Gasteiger partial charge is 0.461 e. The van der Waals surface area contributed by atoms with E-state index >= 15 is 0 Å². The Bertz CT molecular complexity index is 1220. The number of nitrogens with one attached hydrogen (secondary N) is 1. The zero-order valence-electron chi connectivity index (χ0n) is 15.8. The van der Waals surface area contributed by atoms with E-state index in [4.69, 9.17) is 4.42 Å². The third kappa shape index (κ3) is 3.18. The predicted octanol–water partition coefficient (Wildman–Crippen LogP) is 4.45. The number of rotatable bonds is 3. The number of halogens is 2. The molecule has 2 amide bonds. The molecule has 1 aromatic carbocycles. The highest BCUT2D eigenvalue weighted by Crippen LogP contribution is 2.32. The number of urea groups is 1. The standard InChI is InChI=1S/C21H17F2N5O2/c22-13-5-6-16(15(23)11-13)26-21(29)27-9-7-14(12-27)28-19-17(3-1-8-24-19)25-20(28)18-4-2-10-30-18/h1-6,8,10-11,14H,7,9,12H2,(H,26,29)/t14-/m0/s1. The van der Waals surface area contributed by atoms with Crippen LogP contribution in [0.3, 0.4) is 0 Å². The van der Waals surface area contributed by atoms with E-state index in [0.29, 0.717) is 36.7 Å². The van der Waals surface area contributed by atoms with Crippen molar-refractivity contribution in [2.45, 2.75) is 12.5 Å². The van der Waals surface area contributed by atoms with Crippen LogP contribution in [-0.4, -0.2) is 38.6 Å². The number of amides is 2. The number of nitrogens with zero attached hydrogens (tertiary/aromatic N) is 4. The molecule has 0 bridgehead atoms. The smallest absolute Gasteiger partial charge is 0.321 e. The van der Waals surface area contributed by atoms with Gasteiger partial charge in [-0.25, -0.2) is 23.5 Å². The molecule has 152 valence electrons. The first-order chi connectivity index (χ1) is 14.6. The minimum absolute atomic E-state index is 0.0594. The van der Waals surface area contributed by atoms with Gasteiger partial charge in [-0.1, -0.05) is 0 Å². The molecule has 0 saturated carbocycles. The fourth-order valence-corrected chi connectivity index (χ4v) is 3.78. The summed E-state index contributed by atoms with van der Waals surface area (Å²) in [5, 5.41) is 2.51. The Labute approximate surface area is 170 Å². The number of hydrogen-bond acceptors (Lipinski definition) is 4. The zero-order valence-corrected chi connectivity index (χ0v) is 15.8. The number of benzene rings is 1. The Morgan fingerprint density at radius 3 is 2.90 bits per heavy atom. The van der Waals surface area contributed by atoms with Gasteiger partial charge in [-0.15, -0.1) is 0 Å². The molecule has 1 aliphatic heterocycles. The minimum Gasteiger partial charge on any atom is -0.461 e.